The van der Waals surface area contributed by atoms with E-state index in [0.717, 1.165) is 16.9 Å². The van der Waals surface area contributed by atoms with Crippen molar-refractivity contribution in [3.63, 3.8) is 0 Å². The number of benzene rings is 3. The molecule has 3 aromatic carbocycles. The quantitative estimate of drug-likeness (QED) is 0.636. The highest BCUT2D eigenvalue weighted by molar-refractivity contribution is 5.91. The van der Waals surface area contributed by atoms with Gasteiger partial charge < -0.3 is 9.64 Å². The van der Waals surface area contributed by atoms with Crippen LogP contribution in [0.5, 0.6) is 5.75 Å². The van der Waals surface area contributed by atoms with Crippen LogP contribution in [0.3, 0.4) is 0 Å². The summed E-state index contributed by atoms with van der Waals surface area (Å²) < 4.78 is 5.24. The highest BCUT2D eigenvalue weighted by Gasteiger charge is 2.48. The van der Waals surface area contributed by atoms with Gasteiger partial charge in [-0.1, -0.05) is 72.8 Å². The van der Waals surface area contributed by atoms with Gasteiger partial charge in [0.15, 0.2) is 0 Å². The van der Waals surface area contributed by atoms with Crippen molar-refractivity contribution in [3.05, 3.63) is 102 Å². The van der Waals surface area contributed by atoms with Crippen LogP contribution in [0.4, 0.5) is 0 Å². The fourth-order valence-corrected chi connectivity index (χ4v) is 3.66. The van der Waals surface area contributed by atoms with E-state index in [0.29, 0.717) is 6.54 Å². The number of rotatable bonds is 5. The van der Waals surface area contributed by atoms with E-state index in [1.54, 1.807) is 7.11 Å². The Kier molecular flexibility index (Phi) is 4.44. The van der Waals surface area contributed by atoms with Gasteiger partial charge in [-0.05, 0) is 28.8 Å². The van der Waals surface area contributed by atoms with Crippen LogP contribution in [0.15, 0.2) is 84.9 Å². The Morgan fingerprint density at radius 1 is 0.808 bits per heavy atom. The highest BCUT2D eigenvalue weighted by Crippen LogP contribution is 2.47. The number of carbonyl (C=O) groups excluding carboxylic acids is 1. The third-order valence-corrected chi connectivity index (χ3v) is 5.01. The van der Waals surface area contributed by atoms with E-state index in [4.69, 9.17) is 4.74 Å². The van der Waals surface area contributed by atoms with Gasteiger partial charge in [-0.3, -0.25) is 4.79 Å². The molecule has 0 radical (unpaired) electrons. The zero-order valence-corrected chi connectivity index (χ0v) is 14.7. The molecule has 130 valence electrons. The van der Waals surface area contributed by atoms with Crippen LogP contribution >= 0.6 is 0 Å². The molecule has 1 saturated heterocycles. The van der Waals surface area contributed by atoms with Crippen LogP contribution in [0.1, 0.15) is 28.7 Å². The molecule has 3 aromatic rings. The predicted molar refractivity (Wildman–Crippen MR) is 102 cm³/mol. The normalized spacial score (nSPS) is 19.1. The molecule has 1 aliphatic rings. The Balaban J connectivity index is 1.66. The number of hydrogen-bond acceptors (Lipinski definition) is 2. The van der Waals surface area contributed by atoms with Crippen LogP contribution in [-0.4, -0.2) is 17.9 Å². The first kappa shape index (κ1) is 16.4. The molecular formula is C23H21NO2. The van der Waals surface area contributed by atoms with Crippen molar-refractivity contribution >= 4 is 5.91 Å². The van der Waals surface area contributed by atoms with Crippen molar-refractivity contribution in [2.75, 3.05) is 7.11 Å². The van der Waals surface area contributed by atoms with Crippen molar-refractivity contribution in [2.45, 2.75) is 18.5 Å². The van der Waals surface area contributed by atoms with Crippen LogP contribution < -0.4 is 4.74 Å². The number of likely N-dealkylation sites (tertiary alicyclic amines) is 1. The molecule has 0 saturated carbocycles. The summed E-state index contributed by atoms with van der Waals surface area (Å²) in [5, 5.41) is 0. The molecule has 4 rings (SSSR count). The molecule has 2 unspecified atom stereocenters. The van der Waals surface area contributed by atoms with E-state index < -0.39 is 0 Å². The van der Waals surface area contributed by atoms with E-state index in [-0.39, 0.29) is 17.9 Å². The second kappa shape index (κ2) is 7.04. The maximum Gasteiger partial charge on any atom is 0.233 e. The van der Waals surface area contributed by atoms with Crippen molar-refractivity contribution in [2.24, 2.45) is 0 Å². The first-order chi connectivity index (χ1) is 12.8. The van der Waals surface area contributed by atoms with Gasteiger partial charge in [0.1, 0.15) is 5.75 Å². The summed E-state index contributed by atoms with van der Waals surface area (Å²) in [5.41, 5.74) is 3.35. The fraction of sp³-hybridized carbons (Fsp3) is 0.174. The molecule has 1 fully saturated rings. The fourth-order valence-electron chi connectivity index (χ4n) is 3.66. The van der Waals surface area contributed by atoms with E-state index in [1.165, 1.54) is 5.56 Å². The molecule has 26 heavy (non-hydrogen) atoms. The molecule has 1 heterocycles. The number of amides is 1. The number of ether oxygens (including phenoxy) is 1. The summed E-state index contributed by atoms with van der Waals surface area (Å²) in [4.78, 5) is 15.0. The predicted octanol–water partition coefficient (Wildman–Crippen LogP) is 4.56. The lowest BCUT2D eigenvalue weighted by Gasteiger charge is -2.48. The minimum Gasteiger partial charge on any atom is -0.497 e. The lowest BCUT2D eigenvalue weighted by molar-refractivity contribution is -0.151. The Morgan fingerprint density at radius 3 is 2.04 bits per heavy atom. The van der Waals surface area contributed by atoms with E-state index in [2.05, 4.69) is 24.3 Å². The summed E-state index contributed by atoms with van der Waals surface area (Å²) in [6.07, 6.45) is 0. The van der Waals surface area contributed by atoms with Crippen molar-refractivity contribution in [3.8, 4) is 5.75 Å². The third kappa shape index (κ3) is 2.97. The van der Waals surface area contributed by atoms with Gasteiger partial charge in [0.2, 0.25) is 5.91 Å². The Bertz CT molecular complexity index is 875. The molecule has 0 spiro atoms. The number of methoxy groups -OCH3 is 1. The minimum absolute atomic E-state index is 0.0531. The number of carbonyl (C=O) groups is 1. The Labute approximate surface area is 153 Å². The summed E-state index contributed by atoms with van der Waals surface area (Å²) in [6.45, 7) is 0.631. The highest BCUT2D eigenvalue weighted by atomic mass is 16.5. The van der Waals surface area contributed by atoms with Gasteiger partial charge in [-0.2, -0.15) is 0 Å². The molecule has 0 aromatic heterocycles. The molecular weight excluding hydrogens is 322 g/mol. The minimum atomic E-state index is -0.146. The standard InChI is InChI=1S/C23H21NO2/c1-26-20-14-12-18(13-15-20)21-22(19-10-6-3-7-11-19)24(23(21)25)16-17-8-4-2-5-9-17/h2-15,21-22H,16H2,1H3. The van der Waals surface area contributed by atoms with Crippen LogP contribution in [0, 0.1) is 0 Å². The monoisotopic (exact) mass is 343 g/mol. The average Bonchev–Trinajstić information content (AvgIpc) is 2.71. The number of hydrogen-bond donors (Lipinski definition) is 0. The van der Waals surface area contributed by atoms with Gasteiger partial charge in [-0.25, -0.2) is 0 Å². The summed E-state index contributed by atoms with van der Waals surface area (Å²) >= 11 is 0. The zero-order valence-electron chi connectivity index (χ0n) is 14.7. The second-order valence-electron chi connectivity index (χ2n) is 6.56. The number of β-lactam (4-membered cyclic amide) rings is 1. The molecule has 1 aliphatic heterocycles. The Morgan fingerprint density at radius 2 is 1.42 bits per heavy atom. The van der Waals surface area contributed by atoms with Gasteiger partial charge in [0.25, 0.3) is 0 Å². The molecule has 0 N–H and O–H groups in total. The van der Waals surface area contributed by atoms with Crippen molar-refractivity contribution < 1.29 is 9.53 Å². The van der Waals surface area contributed by atoms with Gasteiger partial charge in [0, 0.05) is 6.54 Å². The maximum absolute atomic E-state index is 13.0. The topological polar surface area (TPSA) is 29.5 Å². The van der Waals surface area contributed by atoms with E-state index in [1.807, 2.05) is 65.6 Å². The summed E-state index contributed by atoms with van der Waals surface area (Å²) in [6, 6.07) is 28.3. The molecule has 3 nitrogen and oxygen atoms in total. The zero-order chi connectivity index (χ0) is 17.9. The van der Waals surface area contributed by atoms with E-state index in [9.17, 15) is 4.79 Å². The molecule has 0 bridgehead atoms. The van der Waals surface area contributed by atoms with Gasteiger partial charge in [0.05, 0.1) is 19.1 Å². The lowest BCUT2D eigenvalue weighted by atomic mass is 9.77. The third-order valence-electron chi connectivity index (χ3n) is 5.01. The smallest absolute Gasteiger partial charge is 0.233 e. The molecule has 1 amide bonds. The largest absolute Gasteiger partial charge is 0.497 e. The van der Waals surface area contributed by atoms with E-state index >= 15 is 0 Å². The molecule has 3 heteroatoms. The van der Waals surface area contributed by atoms with Crippen molar-refractivity contribution in [1.82, 2.24) is 4.90 Å². The molecule has 0 aliphatic carbocycles. The van der Waals surface area contributed by atoms with Crippen LogP contribution in [-0.2, 0) is 11.3 Å². The SMILES string of the molecule is COc1ccc(C2C(=O)N(Cc3ccccc3)C2c2ccccc2)cc1. The van der Waals surface area contributed by atoms with Gasteiger partial charge >= 0.3 is 0 Å². The molecule has 2 atom stereocenters. The second-order valence-corrected chi connectivity index (χ2v) is 6.56. The van der Waals surface area contributed by atoms with Crippen LogP contribution in [0.25, 0.3) is 0 Å². The maximum atomic E-state index is 13.0. The van der Waals surface area contributed by atoms with Crippen molar-refractivity contribution in [1.29, 1.82) is 0 Å². The number of nitrogens with zero attached hydrogens (tertiary/aromatic N) is 1. The van der Waals surface area contributed by atoms with Crippen LogP contribution in [0.2, 0.25) is 0 Å². The summed E-state index contributed by atoms with van der Waals surface area (Å²) in [5.74, 6) is 0.831. The average molecular weight is 343 g/mol. The first-order valence-corrected chi connectivity index (χ1v) is 8.81. The Hall–Kier alpha value is -3.07. The first-order valence-electron chi connectivity index (χ1n) is 8.81. The summed E-state index contributed by atoms with van der Waals surface area (Å²) in [7, 11) is 1.65. The lowest BCUT2D eigenvalue weighted by Crippen LogP contribution is -2.52. The van der Waals surface area contributed by atoms with Gasteiger partial charge in [-0.15, -0.1) is 0 Å².